The molecular weight excluding hydrogens is 246 g/mol. The third-order valence-corrected chi connectivity index (χ3v) is 3.64. The smallest absolute Gasteiger partial charge is 0.317 e. The number of hydrogen-bond donors (Lipinski definition) is 3. The molecule has 2 amide bonds. The molecule has 0 aromatic rings. The Labute approximate surface area is 114 Å². The standard InChI is InChI=1S/C13H25N3O3/c1-3-11(12(17)18)8-15-13(19)16-6-4-5-10(9-16)7-14-2/h10-11,14H,3-9H2,1-2H3,(H,15,19)(H,17,18). The Bertz CT molecular complexity index is 308. The van der Waals surface area contributed by atoms with Crippen LogP contribution in [0.2, 0.25) is 0 Å². The fraction of sp³-hybridized carbons (Fsp3) is 0.846. The molecule has 110 valence electrons. The van der Waals surface area contributed by atoms with Crippen molar-refractivity contribution in [2.24, 2.45) is 11.8 Å². The molecule has 1 fully saturated rings. The van der Waals surface area contributed by atoms with Gasteiger partial charge in [0.1, 0.15) is 0 Å². The number of piperidine rings is 1. The number of nitrogens with one attached hydrogen (secondary N) is 2. The van der Waals surface area contributed by atoms with Crippen molar-refractivity contribution in [3.8, 4) is 0 Å². The van der Waals surface area contributed by atoms with Crippen LogP contribution in [0.3, 0.4) is 0 Å². The Kier molecular flexibility index (Phi) is 6.62. The molecule has 0 aliphatic carbocycles. The third kappa shape index (κ3) is 5.06. The zero-order chi connectivity index (χ0) is 14.3. The van der Waals surface area contributed by atoms with E-state index in [0.717, 1.165) is 32.5 Å². The fourth-order valence-corrected chi connectivity index (χ4v) is 2.43. The van der Waals surface area contributed by atoms with E-state index in [-0.39, 0.29) is 12.6 Å². The highest BCUT2D eigenvalue weighted by Gasteiger charge is 2.24. The highest BCUT2D eigenvalue weighted by molar-refractivity contribution is 5.76. The lowest BCUT2D eigenvalue weighted by molar-refractivity contribution is -0.141. The van der Waals surface area contributed by atoms with Gasteiger partial charge in [-0.2, -0.15) is 0 Å². The van der Waals surface area contributed by atoms with Crippen LogP contribution < -0.4 is 10.6 Å². The maximum atomic E-state index is 12.0. The van der Waals surface area contributed by atoms with E-state index in [9.17, 15) is 9.59 Å². The molecule has 1 saturated heterocycles. The first-order valence-corrected chi connectivity index (χ1v) is 6.98. The van der Waals surface area contributed by atoms with Gasteiger partial charge in [0.25, 0.3) is 0 Å². The number of carbonyl (C=O) groups is 2. The van der Waals surface area contributed by atoms with Gasteiger partial charge in [-0.05, 0) is 38.8 Å². The largest absolute Gasteiger partial charge is 0.481 e. The second-order valence-electron chi connectivity index (χ2n) is 5.14. The number of carboxylic acids is 1. The number of hydrogen-bond acceptors (Lipinski definition) is 3. The lowest BCUT2D eigenvalue weighted by Crippen LogP contribution is -2.48. The molecule has 1 rings (SSSR count). The monoisotopic (exact) mass is 271 g/mol. The third-order valence-electron chi connectivity index (χ3n) is 3.64. The molecule has 3 N–H and O–H groups in total. The van der Waals surface area contributed by atoms with Gasteiger partial charge in [-0.3, -0.25) is 4.79 Å². The Morgan fingerprint density at radius 3 is 2.79 bits per heavy atom. The number of urea groups is 1. The molecule has 0 bridgehead atoms. The van der Waals surface area contributed by atoms with Crippen molar-refractivity contribution in [2.45, 2.75) is 26.2 Å². The van der Waals surface area contributed by atoms with Gasteiger partial charge in [-0.25, -0.2) is 4.79 Å². The van der Waals surface area contributed by atoms with Crippen molar-refractivity contribution in [2.75, 3.05) is 33.2 Å². The zero-order valence-corrected chi connectivity index (χ0v) is 11.8. The second-order valence-corrected chi connectivity index (χ2v) is 5.14. The molecule has 0 aromatic carbocycles. The molecule has 0 spiro atoms. The van der Waals surface area contributed by atoms with Crippen LogP contribution in [0.25, 0.3) is 0 Å². The van der Waals surface area contributed by atoms with Gasteiger partial charge in [0, 0.05) is 19.6 Å². The SMILES string of the molecule is CCC(CNC(=O)N1CCCC(CNC)C1)C(=O)O. The number of carbonyl (C=O) groups excluding carboxylic acids is 1. The average Bonchev–Trinajstić information content (AvgIpc) is 2.39. The van der Waals surface area contributed by atoms with Crippen LogP contribution in [0.1, 0.15) is 26.2 Å². The number of aliphatic carboxylic acids is 1. The summed E-state index contributed by atoms with van der Waals surface area (Å²) in [6.45, 7) is 4.44. The first-order chi connectivity index (χ1) is 9.08. The number of nitrogens with zero attached hydrogens (tertiary/aromatic N) is 1. The molecule has 1 heterocycles. The van der Waals surface area contributed by atoms with Crippen molar-refractivity contribution in [3.63, 3.8) is 0 Å². The molecule has 2 unspecified atom stereocenters. The summed E-state index contributed by atoms with van der Waals surface area (Å²) in [5.74, 6) is -0.859. The van der Waals surface area contributed by atoms with Crippen molar-refractivity contribution in [1.29, 1.82) is 0 Å². The Balaban J connectivity index is 2.38. The number of likely N-dealkylation sites (tertiary alicyclic amines) is 1. The van der Waals surface area contributed by atoms with Gasteiger partial charge in [0.2, 0.25) is 0 Å². The summed E-state index contributed by atoms with van der Waals surface area (Å²) in [6, 6.07) is -0.138. The summed E-state index contributed by atoms with van der Waals surface area (Å²) in [5.41, 5.74) is 0. The number of rotatable bonds is 6. The van der Waals surface area contributed by atoms with E-state index in [4.69, 9.17) is 5.11 Å². The van der Waals surface area contributed by atoms with Gasteiger partial charge in [0.05, 0.1) is 5.92 Å². The highest BCUT2D eigenvalue weighted by atomic mass is 16.4. The van der Waals surface area contributed by atoms with E-state index in [1.54, 1.807) is 4.90 Å². The average molecular weight is 271 g/mol. The van der Waals surface area contributed by atoms with E-state index in [1.807, 2.05) is 14.0 Å². The summed E-state index contributed by atoms with van der Waals surface area (Å²) in [6.07, 6.45) is 2.67. The van der Waals surface area contributed by atoms with Crippen LogP contribution >= 0.6 is 0 Å². The first-order valence-electron chi connectivity index (χ1n) is 6.98. The topological polar surface area (TPSA) is 81.7 Å². The van der Waals surface area contributed by atoms with Crippen LogP contribution in [-0.4, -0.2) is 55.2 Å². The number of carboxylic acid groups (broad SMARTS) is 1. The van der Waals surface area contributed by atoms with Crippen LogP contribution in [0.5, 0.6) is 0 Å². The molecule has 6 nitrogen and oxygen atoms in total. The molecule has 1 aliphatic rings. The van der Waals surface area contributed by atoms with E-state index in [2.05, 4.69) is 10.6 Å². The van der Waals surface area contributed by atoms with Crippen LogP contribution in [0.15, 0.2) is 0 Å². The minimum Gasteiger partial charge on any atom is -0.481 e. The molecular formula is C13H25N3O3. The van der Waals surface area contributed by atoms with Gasteiger partial charge < -0.3 is 20.6 Å². The van der Waals surface area contributed by atoms with E-state index >= 15 is 0 Å². The minimum atomic E-state index is -0.852. The molecule has 0 radical (unpaired) electrons. The van der Waals surface area contributed by atoms with Crippen LogP contribution in [-0.2, 0) is 4.79 Å². The number of amides is 2. The minimum absolute atomic E-state index is 0.138. The molecule has 1 aliphatic heterocycles. The van der Waals surface area contributed by atoms with Gasteiger partial charge >= 0.3 is 12.0 Å². The van der Waals surface area contributed by atoms with Gasteiger partial charge in [-0.15, -0.1) is 0 Å². The predicted octanol–water partition coefficient (Wildman–Crippen LogP) is 0.738. The van der Waals surface area contributed by atoms with Crippen LogP contribution in [0, 0.1) is 11.8 Å². The lowest BCUT2D eigenvalue weighted by atomic mass is 9.98. The summed E-state index contributed by atoms with van der Waals surface area (Å²) < 4.78 is 0. The zero-order valence-electron chi connectivity index (χ0n) is 11.8. The maximum Gasteiger partial charge on any atom is 0.317 e. The summed E-state index contributed by atoms with van der Waals surface area (Å²) >= 11 is 0. The molecule has 6 heteroatoms. The lowest BCUT2D eigenvalue weighted by Gasteiger charge is -2.33. The quantitative estimate of drug-likeness (QED) is 0.665. The molecule has 19 heavy (non-hydrogen) atoms. The Hall–Kier alpha value is -1.30. The summed E-state index contributed by atoms with van der Waals surface area (Å²) in [4.78, 5) is 24.7. The van der Waals surface area contributed by atoms with Crippen molar-refractivity contribution >= 4 is 12.0 Å². The summed E-state index contributed by atoms with van der Waals surface area (Å²) in [7, 11) is 1.91. The van der Waals surface area contributed by atoms with Gasteiger partial charge in [0.15, 0.2) is 0 Å². The van der Waals surface area contributed by atoms with E-state index in [0.29, 0.717) is 12.3 Å². The van der Waals surface area contributed by atoms with Crippen molar-refractivity contribution in [1.82, 2.24) is 15.5 Å². The highest BCUT2D eigenvalue weighted by Crippen LogP contribution is 2.15. The first kappa shape index (κ1) is 15.8. The van der Waals surface area contributed by atoms with Crippen molar-refractivity contribution < 1.29 is 14.7 Å². The maximum absolute atomic E-state index is 12.0. The van der Waals surface area contributed by atoms with E-state index < -0.39 is 11.9 Å². The Morgan fingerprint density at radius 1 is 1.47 bits per heavy atom. The second kappa shape index (κ2) is 7.99. The molecule has 2 atom stereocenters. The Morgan fingerprint density at radius 2 is 2.21 bits per heavy atom. The van der Waals surface area contributed by atoms with Gasteiger partial charge in [-0.1, -0.05) is 6.92 Å². The van der Waals surface area contributed by atoms with Crippen molar-refractivity contribution in [3.05, 3.63) is 0 Å². The summed E-state index contributed by atoms with van der Waals surface area (Å²) in [5, 5.41) is 14.8. The molecule has 0 saturated carbocycles. The van der Waals surface area contributed by atoms with Crippen LogP contribution in [0.4, 0.5) is 4.79 Å². The molecule has 0 aromatic heterocycles. The fourth-order valence-electron chi connectivity index (χ4n) is 2.43. The van der Waals surface area contributed by atoms with E-state index in [1.165, 1.54) is 0 Å². The normalized spacial score (nSPS) is 20.9. The predicted molar refractivity (Wildman–Crippen MR) is 73.0 cm³/mol.